The van der Waals surface area contributed by atoms with Crippen LogP contribution in [0.3, 0.4) is 0 Å². The molecule has 0 radical (unpaired) electrons. The SMILES string of the molecule is C1CC2CC(CO2)O1. The van der Waals surface area contributed by atoms with Crippen LogP contribution in [0, 0.1) is 0 Å². The highest BCUT2D eigenvalue weighted by Crippen LogP contribution is 2.23. The first-order chi connectivity index (χ1) is 3.95. The Labute approximate surface area is 48.8 Å². The van der Waals surface area contributed by atoms with Gasteiger partial charge < -0.3 is 9.47 Å². The Balaban J connectivity index is 2.03. The molecule has 2 saturated heterocycles. The topological polar surface area (TPSA) is 18.5 Å². The predicted molar refractivity (Wildman–Crippen MR) is 28.7 cm³/mol. The fraction of sp³-hybridized carbons (Fsp3) is 1.00. The van der Waals surface area contributed by atoms with E-state index >= 15 is 0 Å². The van der Waals surface area contributed by atoms with Gasteiger partial charge in [-0.1, -0.05) is 0 Å². The van der Waals surface area contributed by atoms with Crippen LogP contribution in [0.15, 0.2) is 0 Å². The van der Waals surface area contributed by atoms with Gasteiger partial charge in [-0.05, 0) is 6.42 Å². The van der Waals surface area contributed by atoms with Gasteiger partial charge in [0.05, 0.1) is 18.8 Å². The summed E-state index contributed by atoms with van der Waals surface area (Å²) < 4.78 is 10.7. The van der Waals surface area contributed by atoms with Crippen LogP contribution in [-0.4, -0.2) is 25.4 Å². The predicted octanol–water partition coefficient (Wildman–Crippen LogP) is 0.564. The van der Waals surface area contributed by atoms with Crippen LogP contribution in [0.2, 0.25) is 0 Å². The summed E-state index contributed by atoms with van der Waals surface area (Å²) in [6, 6.07) is 0. The zero-order chi connectivity index (χ0) is 5.40. The molecule has 0 aromatic heterocycles. The van der Waals surface area contributed by atoms with E-state index in [1.807, 2.05) is 0 Å². The van der Waals surface area contributed by atoms with Crippen molar-refractivity contribution in [3.63, 3.8) is 0 Å². The second-order valence-electron chi connectivity index (χ2n) is 2.47. The lowest BCUT2D eigenvalue weighted by atomic mass is 10.1. The molecule has 0 aliphatic carbocycles. The van der Waals surface area contributed by atoms with Gasteiger partial charge in [0.1, 0.15) is 0 Å². The number of hydrogen-bond acceptors (Lipinski definition) is 2. The van der Waals surface area contributed by atoms with Crippen molar-refractivity contribution in [3.05, 3.63) is 0 Å². The lowest BCUT2D eigenvalue weighted by Crippen LogP contribution is -2.20. The molecule has 0 saturated carbocycles. The molecule has 2 aliphatic rings. The van der Waals surface area contributed by atoms with Crippen molar-refractivity contribution >= 4 is 0 Å². The summed E-state index contributed by atoms with van der Waals surface area (Å²) in [6.07, 6.45) is 3.22. The van der Waals surface area contributed by atoms with Gasteiger partial charge in [-0.3, -0.25) is 0 Å². The largest absolute Gasteiger partial charge is 0.376 e. The molecular weight excluding hydrogens is 104 g/mol. The van der Waals surface area contributed by atoms with Gasteiger partial charge in [0.2, 0.25) is 0 Å². The summed E-state index contributed by atoms with van der Waals surface area (Å²) in [4.78, 5) is 0. The Bertz CT molecular complexity index is 78.5. The second kappa shape index (κ2) is 1.71. The molecule has 0 spiro atoms. The molecule has 0 aromatic carbocycles. The molecule has 0 amide bonds. The van der Waals surface area contributed by atoms with Gasteiger partial charge >= 0.3 is 0 Å². The first-order valence-electron chi connectivity index (χ1n) is 3.18. The lowest BCUT2D eigenvalue weighted by molar-refractivity contribution is 0.0411. The Morgan fingerprint density at radius 3 is 2.88 bits per heavy atom. The zero-order valence-electron chi connectivity index (χ0n) is 4.80. The Kier molecular flexibility index (Phi) is 1.02. The van der Waals surface area contributed by atoms with Gasteiger partial charge in [0.15, 0.2) is 0 Å². The smallest absolute Gasteiger partial charge is 0.0833 e. The average Bonchev–Trinajstić information content (AvgIpc) is 2.12. The zero-order valence-corrected chi connectivity index (χ0v) is 4.80. The first-order valence-corrected chi connectivity index (χ1v) is 3.18. The van der Waals surface area contributed by atoms with E-state index < -0.39 is 0 Å². The Morgan fingerprint density at radius 2 is 2.12 bits per heavy atom. The van der Waals surface area contributed by atoms with E-state index in [9.17, 15) is 0 Å². The van der Waals surface area contributed by atoms with E-state index in [0.29, 0.717) is 12.2 Å². The van der Waals surface area contributed by atoms with Crippen molar-refractivity contribution in [2.75, 3.05) is 13.2 Å². The normalized spacial score (nSPS) is 45.0. The molecule has 46 valence electrons. The summed E-state index contributed by atoms with van der Waals surface area (Å²) >= 11 is 0. The van der Waals surface area contributed by atoms with Gasteiger partial charge in [-0.25, -0.2) is 0 Å². The van der Waals surface area contributed by atoms with E-state index in [4.69, 9.17) is 9.47 Å². The van der Waals surface area contributed by atoms with Crippen LogP contribution in [0.25, 0.3) is 0 Å². The summed E-state index contributed by atoms with van der Waals surface area (Å²) in [5.41, 5.74) is 0. The van der Waals surface area contributed by atoms with E-state index in [0.717, 1.165) is 26.1 Å². The molecule has 8 heavy (non-hydrogen) atoms. The van der Waals surface area contributed by atoms with Gasteiger partial charge in [0.25, 0.3) is 0 Å². The fourth-order valence-corrected chi connectivity index (χ4v) is 1.36. The molecule has 2 rings (SSSR count). The summed E-state index contributed by atoms with van der Waals surface area (Å²) in [5.74, 6) is 0. The number of hydrogen-bond donors (Lipinski definition) is 0. The van der Waals surface area contributed by atoms with Crippen molar-refractivity contribution in [2.45, 2.75) is 25.0 Å². The maximum Gasteiger partial charge on any atom is 0.0833 e. The van der Waals surface area contributed by atoms with E-state index in [1.165, 1.54) is 0 Å². The third-order valence-corrected chi connectivity index (χ3v) is 1.84. The maximum absolute atomic E-state index is 5.35. The molecule has 2 fully saturated rings. The highest BCUT2D eigenvalue weighted by atomic mass is 16.6. The Morgan fingerprint density at radius 1 is 1.12 bits per heavy atom. The standard InChI is InChI=1S/C6H10O2/c1-2-7-6-3-5(1)8-4-6/h5-6H,1-4H2. The van der Waals surface area contributed by atoms with Crippen LogP contribution >= 0.6 is 0 Å². The molecule has 2 heteroatoms. The van der Waals surface area contributed by atoms with Crippen molar-refractivity contribution in [1.29, 1.82) is 0 Å². The summed E-state index contributed by atoms with van der Waals surface area (Å²) in [7, 11) is 0. The minimum absolute atomic E-state index is 0.439. The third-order valence-electron chi connectivity index (χ3n) is 1.84. The van der Waals surface area contributed by atoms with Gasteiger partial charge in [-0.15, -0.1) is 0 Å². The molecule has 2 nitrogen and oxygen atoms in total. The van der Waals surface area contributed by atoms with Crippen LogP contribution in [0.5, 0.6) is 0 Å². The van der Waals surface area contributed by atoms with Crippen LogP contribution in [0.4, 0.5) is 0 Å². The highest BCUT2D eigenvalue weighted by molar-refractivity contribution is 4.77. The lowest BCUT2D eigenvalue weighted by Gasteiger charge is -2.15. The van der Waals surface area contributed by atoms with E-state index in [-0.39, 0.29) is 0 Å². The monoisotopic (exact) mass is 114 g/mol. The van der Waals surface area contributed by atoms with Crippen molar-refractivity contribution in [1.82, 2.24) is 0 Å². The molecule has 2 heterocycles. The number of rotatable bonds is 0. The molecule has 2 atom stereocenters. The van der Waals surface area contributed by atoms with Crippen LogP contribution in [-0.2, 0) is 9.47 Å². The van der Waals surface area contributed by atoms with E-state index in [2.05, 4.69) is 0 Å². The fourth-order valence-electron chi connectivity index (χ4n) is 1.36. The van der Waals surface area contributed by atoms with Crippen molar-refractivity contribution < 1.29 is 9.47 Å². The minimum atomic E-state index is 0.439. The Hall–Kier alpha value is -0.0800. The van der Waals surface area contributed by atoms with Crippen molar-refractivity contribution in [3.8, 4) is 0 Å². The molecule has 2 unspecified atom stereocenters. The quantitative estimate of drug-likeness (QED) is 0.458. The molecular formula is C6H10O2. The molecule has 0 N–H and O–H groups in total. The first kappa shape index (κ1) is 4.77. The molecule has 2 aliphatic heterocycles. The molecule has 0 aromatic rings. The minimum Gasteiger partial charge on any atom is -0.376 e. The van der Waals surface area contributed by atoms with Crippen LogP contribution in [0.1, 0.15) is 12.8 Å². The summed E-state index contributed by atoms with van der Waals surface area (Å²) in [5, 5.41) is 0. The van der Waals surface area contributed by atoms with Crippen molar-refractivity contribution in [2.24, 2.45) is 0 Å². The average molecular weight is 114 g/mol. The second-order valence-corrected chi connectivity index (χ2v) is 2.47. The van der Waals surface area contributed by atoms with Gasteiger partial charge in [0, 0.05) is 13.0 Å². The van der Waals surface area contributed by atoms with Gasteiger partial charge in [-0.2, -0.15) is 0 Å². The van der Waals surface area contributed by atoms with Crippen LogP contribution < -0.4 is 0 Å². The number of ether oxygens (including phenoxy) is 2. The highest BCUT2D eigenvalue weighted by Gasteiger charge is 2.29. The van der Waals surface area contributed by atoms with E-state index in [1.54, 1.807) is 0 Å². The molecule has 2 bridgehead atoms. The number of fused-ring (bicyclic) bond motifs is 2. The third kappa shape index (κ3) is 0.644. The summed E-state index contributed by atoms with van der Waals surface area (Å²) in [6.45, 7) is 1.75. The maximum atomic E-state index is 5.35.